The first-order chi connectivity index (χ1) is 7.59. The van der Waals surface area contributed by atoms with E-state index in [4.69, 9.17) is 0 Å². The second-order valence-corrected chi connectivity index (χ2v) is 5.85. The van der Waals surface area contributed by atoms with Crippen LogP contribution in [0.5, 0.6) is 0 Å². The molecule has 1 spiro atoms. The third-order valence-corrected chi connectivity index (χ3v) is 4.58. The van der Waals surface area contributed by atoms with Crippen LogP contribution in [0.2, 0.25) is 0 Å². The van der Waals surface area contributed by atoms with Crippen molar-refractivity contribution in [1.82, 2.24) is 0 Å². The van der Waals surface area contributed by atoms with Crippen molar-refractivity contribution < 1.29 is 0 Å². The lowest BCUT2D eigenvalue weighted by Crippen LogP contribution is -2.41. The van der Waals surface area contributed by atoms with E-state index in [0.29, 0.717) is 5.41 Å². The number of nitriles is 1. The zero-order valence-corrected chi connectivity index (χ0v) is 10.0. The Morgan fingerprint density at radius 2 is 1.81 bits per heavy atom. The van der Waals surface area contributed by atoms with Crippen LogP contribution < -0.4 is 0 Å². The molecule has 0 bridgehead atoms. The van der Waals surface area contributed by atoms with Gasteiger partial charge in [0.15, 0.2) is 0 Å². The van der Waals surface area contributed by atoms with Crippen LogP contribution >= 0.6 is 0 Å². The van der Waals surface area contributed by atoms with Crippen LogP contribution in [-0.2, 0) is 5.41 Å². The number of nitrogens with zero attached hydrogens (tertiary/aromatic N) is 1. The van der Waals surface area contributed by atoms with Gasteiger partial charge in [-0.15, -0.1) is 0 Å². The van der Waals surface area contributed by atoms with Gasteiger partial charge in [-0.25, -0.2) is 0 Å². The second kappa shape index (κ2) is 2.88. The van der Waals surface area contributed by atoms with Crippen LogP contribution in [0.4, 0.5) is 0 Å². The fourth-order valence-electron chi connectivity index (χ4n) is 3.15. The van der Waals surface area contributed by atoms with Crippen LogP contribution in [-0.4, -0.2) is 0 Å². The van der Waals surface area contributed by atoms with Gasteiger partial charge in [0, 0.05) is 0 Å². The third kappa shape index (κ3) is 1.23. The van der Waals surface area contributed by atoms with Gasteiger partial charge >= 0.3 is 0 Å². The summed E-state index contributed by atoms with van der Waals surface area (Å²) in [6, 6.07) is 9.10. The van der Waals surface area contributed by atoms with Gasteiger partial charge in [-0.2, -0.15) is 5.26 Å². The normalized spacial score (nSPS) is 23.6. The Kier molecular flexibility index (Phi) is 1.79. The first-order valence-electron chi connectivity index (χ1n) is 6.08. The smallest absolute Gasteiger partial charge is 0.0833 e. The van der Waals surface area contributed by atoms with Gasteiger partial charge < -0.3 is 0 Å². The van der Waals surface area contributed by atoms with Crippen LogP contribution in [0.25, 0.3) is 0 Å². The Hall–Kier alpha value is -1.29. The largest absolute Gasteiger partial charge is 0.197 e. The van der Waals surface area contributed by atoms with Gasteiger partial charge in [-0.3, -0.25) is 0 Å². The molecule has 0 saturated heterocycles. The van der Waals surface area contributed by atoms with E-state index in [0.717, 1.165) is 12.8 Å². The summed E-state index contributed by atoms with van der Waals surface area (Å²) in [5.41, 5.74) is 4.29. The summed E-state index contributed by atoms with van der Waals surface area (Å²) in [5, 5.41) is 9.46. The predicted octanol–water partition coefficient (Wildman–Crippen LogP) is 3.64. The first-order valence-corrected chi connectivity index (χ1v) is 6.08. The summed E-state index contributed by atoms with van der Waals surface area (Å²) in [7, 11) is 0. The van der Waals surface area contributed by atoms with Gasteiger partial charge in [-0.05, 0) is 61.6 Å². The quantitative estimate of drug-likeness (QED) is 0.695. The van der Waals surface area contributed by atoms with Gasteiger partial charge in [0.2, 0.25) is 0 Å². The molecule has 0 unspecified atom stereocenters. The van der Waals surface area contributed by atoms with Crippen molar-refractivity contribution in [1.29, 1.82) is 5.26 Å². The third-order valence-electron chi connectivity index (χ3n) is 4.58. The molecule has 2 aliphatic rings. The van der Waals surface area contributed by atoms with E-state index in [2.05, 4.69) is 38.1 Å². The number of hydrogen-bond donors (Lipinski definition) is 0. The Labute approximate surface area is 97.1 Å². The molecule has 1 aromatic carbocycles. The summed E-state index contributed by atoms with van der Waals surface area (Å²) in [6.45, 7) is 4.26. The molecular formula is C15H17N. The SMILES string of the molecule is Cc1ccc(C2(C#N)CC3(CC3)C2)cc1C. The molecule has 16 heavy (non-hydrogen) atoms. The fourth-order valence-corrected chi connectivity index (χ4v) is 3.15. The topological polar surface area (TPSA) is 23.8 Å². The maximum atomic E-state index is 9.46. The summed E-state index contributed by atoms with van der Waals surface area (Å²) in [4.78, 5) is 0. The Bertz CT molecular complexity index is 481. The second-order valence-electron chi connectivity index (χ2n) is 5.85. The summed E-state index contributed by atoms with van der Waals surface area (Å²) in [6.07, 6.45) is 4.89. The average Bonchev–Trinajstić information content (AvgIpc) is 2.99. The highest BCUT2D eigenvalue weighted by Gasteiger charge is 2.61. The maximum absolute atomic E-state index is 9.46. The van der Waals surface area contributed by atoms with E-state index in [-0.39, 0.29) is 5.41 Å². The predicted molar refractivity (Wildman–Crippen MR) is 64.1 cm³/mol. The maximum Gasteiger partial charge on any atom is 0.0833 e. The zero-order valence-electron chi connectivity index (χ0n) is 10.0. The highest BCUT2D eigenvalue weighted by Crippen LogP contribution is 2.68. The van der Waals surface area contributed by atoms with Gasteiger partial charge in [-0.1, -0.05) is 18.2 Å². The molecule has 0 radical (unpaired) electrons. The van der Waals surface area contributed by atoms with Crippen molar-refractivity contribution in [2.24, 2.45) is 5.41 Å². The molecule has 82 valence electrons. The van der Waals surface area contributed by atoms with Crippen LogP contribution in [0.3, 0.4) is 0 Å². The zero-order chi connectivity index (χ0) is 11.4. The molecule has 0 aliphatic heterocycles. The van der Waals surface area contributed by atoms with Crippen molar-refractivity contribution in [3.8, 4) is 6.07 Å². The van der Waals surface area contributed by atoms with E-state index < -0.39 is 0 Å². The number of rotatable bonds is 1. The molecule has 0 N–H and O–H groups in total. The molecule has 2 aliphatic carbocycles. The summed E-state index contributed by atoms with van der Waals surface area (Å²) < 4.78 is 0. The van der Waals surface area contributed by atoms with Crippen LogP contribution in [0.15, 0.2) is 18.2 Å². The number of benzene rings is 1. The minimum Gasteiger partial charge on any atom is -0.197 e. The Morgan fingerprint density at radius 3 is 2.31 bits per heavy atom. The molecule has 1 heteroatoms. The van der Waals surface area contributed by atoms with Gasteiger partial charge in [0.25, 0.3) is 0 Å². The molecule has 1 nitrogen and oxygen atoms in total. The minimum atomic E-state index is -0.158. The van der Waals surface area contributed by atoms with Crippen molar-refractivity contribution in [3.63, 3.8) is 0 Å². The molecule has 0 aromatic heterocycles. The molecule has 1 aromatic rings. The van der Waals surface area contributed by atoms with E-state index in [1.807, 2.05) is 0 Å². The lowest BCUT2D eigenvalue weighted by Gasteiger charge is -2.44. The number of hydrogen-bond acceptors (Lipinski definition) is 1. The van der Waals surface area contributed by atoms with Gasteiger partial charge in [0.1, 0.15) is 0 Å². The van der Waals surface area contributed by atoms with Crippen molar-refractivity contribution in [2.45, 2.75) is 44.9 Å². The lowest BCUT2D eigenvalue weighted by atomic mass is 9.57. The summed E-state index contributed by atoms with van der Waals surface area (Å²) >= 11 is 0. The van der Waals surface area contributed by atoms with Crippen molar-refractivity contribution in [3.05, 3.63) is 34.9 Å². The number of aryl methyl sites for hydroxylation is 2. The molecule has 2 fully saturated rings. The van der Waals surface area contributed by atoms with E-state index >= 15 is 0 Å². The highest BCUT2D eigenvalue weighted by molar-refractivity contribution is 5.43. The average molecular weight is 211 g/mol. The van der Waals surface area contributed by atoms with Crippen molar-refractivity contribution >= 4 is 0 Å². The molecule has 3 rings (SSSR count). The minimum absolute atomic E-state index is 0.158. The fraction of sp³-hybridized carbons (Fsp3) is 0.533. The Balaban J connectivity index is 1.96. The lowest BCUT2D eigenvalue weighted by molar-refractivity contribution is 0.173. The summed E-state index contributed by atoms with van der Waals surface area (Å²) in [5.74, 6) is 0. The standard InChI is InChI=1S/C15H17N/c1-11-3-4-13(7-12(11)2)15(10-16)8-14(9-15)5-6-14/h3-4,7H,5-6,8-9H2,1-2H3. The first kappa shape index (κ1) is 9.90. The van der Waals surface area contributed by atoms with E-state index in [1.54, 1.807) is 0 Å². The van der Waals surface area contributed by atoms with E-state index in [9.17, 15) is 5.26 Å². The monoisotopic (exact) mass is 211 g/mol. The highest BCUT2D eigenvalue weighted by atomic mass is 14.6. The van der Waals surface area contributed by atoms with Crippen LogP contribution in [0, 0.1) is 30.6 Å². The molecular weight excluding hydrogens is 194 g/mol. The van der Waals surface area contributed by atoms with Crippen LogP contribution in [0.1, 0.15) is 42.4 Å². The van der Waals surface area contributed by atoms with Gasteiger partial charge in [0.05, 0.1) is 11.5 Å². The molecule has 0 amide bonds. The molecule has 0 atom stereocenters. The van der Waals surface area contributed by atoms with Crippen molar-refractivity contribution in [2.75, 3.05) is 0 Å². The Morgan fingerprint density at radius 1 is 1.12 bits per heavy atom. The molecule has 2 saturated carbocycles. The van der Waals surface area contributed by atoms with E-state index in [1.165, 1.54) is 29.5 Å². The molecule has 0 heterocycles.